The smallest absolute Gasteiger partial charge is 0.411 e. The number of ether oxygens (including phenoxy) is 2. The third-order valence-corrected chi connectivity index (χ3v) is 6.94. The maximum atomic E-state index is 13.9. The molecule has 1 aromatic rings. The van der Waals surface area contributed by atoms with Gasteiger partial charge in [-0.3, -0.25) is 4.79 Å². The van der Waals surface area contributed by atoms with E-state index in [1.165, 1.54) is 0 Å². The Morgan fingerprint density at radius 2 is 2.09 bits per heavy atom. The van der Waals surface area contributed by atoms with Gasteiger partial charge < -0.3 is 24.9 Å². The lowest BCUT2D eigenvalue weighted by atomic mass is 9.94. The number of amides is 1. The maximum Gasteiger partial charge on any atom is 0.411 e. The standard InChI is InChI=1S/C23H27F3N4O4/c1-14-8-20-19(21-15(10-27-20)11-28-30(21,32)16-4-7-33-12-16)9-18(14)22(31)29-5-2-17(3-6-29)34-13-23(24,25)26/h8-9,11,16-17,27H,2-7,10,12-13H2,1H3/t16-,30?/m0/s1. The van der Waals surface area contributed by atoms with Gasteiger partial charge in [0.25, 0.3) is 5.91 Å². The Kier molecular flexibility index (Phi) is 5.91. The number of carbonyl (C=O) groups excluding carboxylic acids is 1. The lowest BCUT2D eigenvalue weighted by Crippen LogP contribution is -2.44. The third-order valence-electron chi connectivity index (χ3n) is 6.94. The number of quaternary nitrogens is 1. The molecule has 1 unspecified atom stereocenters. The number of fused-ring (bicyclic) bond motifs is 2. The number of hydrogen-bond acceptors (Lipinski definition) is 6. The highest BCUT2D eigenvalue weighted by Gasteiger charge is 2.44. The molecular weight excluding hydrogens is 453 g/mol. The van der Waals surface area contributed by atoms with E-state index in [4.69, 9.17) is 9.47 Å². The van der Waals surface area contributed by atoms with E-state index >= 15 is 0 Å². The molecule has 2 atom stereocenters. The topological polar surface area (TPSA) is 86.2 Å². The summed E-state index contributed by atoms with van der Waals surface area (Å²) in [5.41, 5.74) is 4.05. The summed E-state index contributed by atoms with van der Waals surface area (Å²) in [6, 6.07) is 3.31. The van der Waals surface area contributed by atoms with Crippen LogP contribution in [0.3, 0.4) is 0 Å². The summed E-state index contributed by atoms with van der Waals surface area (Å²) in [5, 5.41) is 21.5. The van der Waals surface area contributed by atoms with Gasteiger partial charge in [0.1, 0.15) is 19.3 Å². The average Bonchev–Trinajstić information content (AvgIpc) is 3.46. The molecular formula is C23H27F3N4O4. The molecule has 0 aromatic heterocycles. The van der Waals surface area contributed by atoms with Crippen LogP contribution in [0.2, 0.25) is 0 Å². The Morgan fingerprint density at radius 3 is 2.76 bits per heavy atom. The molecule has 1 aromatic carbocycles. The van der Waals surface area contributed by atoms with Crippen LogP contribution in [-0.2, 0) is 9.47 Å². The number of nitrogens with zero attached hydrogens (tertiary/aromatic N) is 3. The van der Waals surface area contributed by atoms with E-state index < -0.39 is 23.6 Å². The lowest BCUT2D eigenvalue weighted by molar-refractivity contribution is -0.838. The minimum absolute atomic E-state index is 0.200. The largest absolute Gasteiger partial charge is 0.599 e. The van der Waals surface area contributed by atoms with Crippen molar-refractivity contribution in [2.24, 2.45) is 5.10 Å². The van der Waals surface area contributed by atoms with Crippen LogP contribution < -0.4 is 5.32 Å². The van der Waals surface area contributed by atoms with Crippen LogP contribution >= 0.6 is 0 Å². The van der Waals surface area contributed by atoms with Crippen molar-refractivity contribution < 1.29 is 32.2 Å². The van der Waals surface area contributed by atoms with Crippen molar-refractivity contribution in [3.05, 3.63) is 39.6 Å². The molecule has 2 saturated heterocycles. The number of aryl methyl sites for hydroxylation is 1. The first-order valence-corrected chi connectivity index (χ1v) is 11.5. The second kappa shape index (κ2) is 8.63. The zero-order valence-corrected chi connectivity index (χ0v) is 18.9. The number of anilines is 1. The number of benzene rings is 1. The van der Waals surface area contributed by atoms with Crippen LogP contribution in [-0.4, -0.2) is 79.6 Å². The zero-order chi connectivity index (χ0) is 24.1. The third kappa shape index (κ3) is 4.21. The summed E-state index contributed by atoms with van der Waals surface area (Å²) in [4.78, 5) is 15.0. The van der Waals surface area contributed by atoms with Gasteiger partial charge in [0.15, 0.2) is 5.70 Å². The lowest BCUT2D eigenvalue weighted by Gasteiger charge is -2.41. The number of rotatable bonds is 4. The van der Waals surface area contributed by atoms with E-state index in [0.29, 0.717) is 68.9 Å². The Hall–Kier alpha value is -2.47. The van der Waals surface area contributed by atoms with Crippen LogP contribution in [0.4, 0.5) is 18.9 Å². The number of hydrogen-bond donors (Lipinski definition) is 1. The van der Waals surface area contributed by atoms with E-state index in [1.807, 2.05) is 13.0 Å². The van der Waals surface area contributed by atoms with Crippen LogP contribution in [0.1, 0.15) is 40.7 Å². The molecule has 4 aliphatic rings. The molecule has 11 heteroatoms. The maximum absolute atomic E-state index is 13.9. The predicted octanol–water partition coefficient (Wildman–Crippen LogP) is 3.42. The van der Waals surface area contributed by atoms with E-state index in [-0.39, 0.29) is 11.9 Å². The molecule has 0 radical (unpaired) electrons. The molecule has 2 fully saturated rings. The van der Waals surface area contributed by atoms with Crippen molar-refractivity contribution in [1.82, 2.24) is 4.90 Å². The van der Waals surface area contributed by atoms with Gasteiger partial charge in [-0.1, -0.05) is 5.10 Å². The van der Waals surface area contributed by atoms with Crippen LogP contribution in [0.5, 0.6) is 0 Å². The molecule has 1 amide bonds. The molecule has 1 N–H and O–H groups in total. The van der Waals surface area contributed by atoms with Crippen molar-refractivity contribution >= 4 is 23.5 Å². The monoisotopic (exact) mass is 480 g/mol. The second-order valence-electron chi connectivity index (χ2n) is 9.24. The number of carbonyl (C=O) groups is 1. The molecule has 34 heavy (non-hydrogen) atoms. The summed E-state index contributed by atoms with van der Waals surface area (Å²) in [6.07, 6.45) is -1.96. The van der Waals surface area contributed by atoms with E-state index in [0.717, 1.165) is 16.8 Å². The Morgan fingerprint density at radius 1 is 1.32 bits per heavy atom. The van der Waals surface area contributed by atoms with Gasteiger partial charge in [-0.15, -0.1) is 0 Å². The van der Waals surface area contributed by atoms with Crippen LogP contribution in [0.15, 0.2) is 22.8 Å². The zero-order valence-electron chi connectivity index (χ0n) is 18.9. The molecule has 5 rings (SSSR count). The highest BCUT2D eigenvalue weighted by Crippen LogP contribution is 2.44. The van der Waals surface area contributed by atoms with Crippen LogP contribution in [0, 0.1) is 12.1 Å². The van der Waals surface area contributed by atoms with E-state index in [1.54, 1.807) is 17.2 Å². The van der Waals surface area contributed by atoms with Gasteiger partial charge in [-0.2, -0.15) is 17.9 Å². The van der Waals surface area contributed by atoms with Gasteiger partial charge >= 0.3 is 6.18 Å². The molecule has 0 bridgehead atoms. The van der Waals surface area contributed by atoms with Gasteiger partial charge in [-0.05, 0) is 37.5 Å². The minimum atomic E-state index is -4.36. The molecule has 8 nitrogen and oxygen atoms in total. The Bertz CT molecular complexity index is 1040. The van der Waals surface area contributed by atoms with Crippen LogP contribution in [0.25, 0.3) is 5.70 Å². The molecule has 0 aliphatic carbocycles. The summed E-state index contributed by atoms with van der Waals surface area (Å²) in [5.74, 6) is -0.200. The van der Waals surface area contributed by atoms with Crippen molar-refractivity contribution in [3.63, 3.8) is 0 Å². The SMILES string of the molecule is Cc1cc2c(cc1C(=O)N1CCC(OCC(F)(F)F)CC1)C1=C(C=N[N+]1([O-])[C@H]1CCOC1)CN2. The predicted molar refractivity (Wildman–Crippen MR) is 119 cm³/mol. The van der Waals surface area contributed by atoms with Gasteiger partial charge in [0.05, 0.1) is 30.1 Å². The highest BCUT2D eigenvalue weighted by atomic mass is 19.4. The first-order chi connectivity index (χ1) is 16.2. The van der Waals surface area contributed by atoms with Crippen molar-refractivity contribution in [3.8, 4) is 0 Å². The van der Waals surface area contributed by atoms with Crippen molar-refractivity contribution in [1.29, 1.82) is 0 Å². The number of halogens is 3. The summed E-state index contributed by atoms with van der Waals surface area (Å²) < 4.78 is 46.9. The van der Waals surface area contributed by atoms with Crippen molar-refractivity contribution in [2.45, 2.75) is 44.5 Å². The summed E-state index contributed by atoms with van der Waals surface area (Å²) in [6.45, 7) is 2.54. The molecule has 184 valence electrons. The first-order valence-electron chi connectivity index (χ1n) is 11.5. The minimum Gasteiger partial charge on any atom is -0.599 e. The number of likely N-dealkylation sites (tertiary alicyclic amines) is 1. The number of hydroxylamine groups is 2. The fourth-order valence-corrected chi connectivity index (χ4v) is 5.11. The molecule has 4 heterocycles. The molecule has 4 aliphatic heterocycles. The Labute approximate surface area is 195 Å². The van der Waals surface area contributed by atoms with Crippen molar-refractivity contribution in [2.75, 3.05) is 44.8 Å². The average molecular weight is 480 g/mol. The fourth-order valence-electron chi connectivity index (χ4n) is 5.11. The number of alkyl halides is 3. The fraction of sp³-hybridized carbons (Fsp3) is 0.565. The quantitative estimate of drug-likeness (QED) is 0.527. The number of piperidine rings is 1. The van der Waals surface area contributed by atoms with E-state index in [2.05, 4.69) is 10.4 Å². The second-order valence-corrected chi connectivity index (χ2v) is 9.24. The van der Waals surface area contributed by atoms with Gasteiger partial charge in [0.2, 0.25) is 0 Å². The molecule has 0 spiro atoms. The summed E-state index contributed by atoms with van der Waals surface area (Å²) in [7, 11) is 0. The molecule has 0 saturated carbocycles. The number of nitrogens with one attached hydrogen (secondary N) is 1. The Balaban J connectivity index is 1.36. The van der Waals surface area contributed by atoms with Gasteiger partial charge in [-0.25, -0.2) is 0 Å². The summed E-state index contributed by atoms with van der Waals surface area (Å²) >= 11 is 0. The first kappa shape index (κ1) is 23.3. The van der Waals surface area contributed by atoms with Gasteiger partial charge in [0, 0.05) is 37.3 Å². The van der Waals surface area contributed by atoms with E-state index in [9.17, 15) is 23.2 Å². The normalized spacial score (nSPS) is 27.1. The highest BCUT2D eigenvalue weighted by molar-refractivity contribution is 6.01.